The molecule has 0 heterocycles. The zero-order valence-electron chi connectivity index (χ0n) is 10.5. The molecular formula is C13H20BrNOS. The molecule has 1 aromatic rings. The van der Waals surface area contributed by atoms with Crippen molar-refractivity contribution in [2.24, 2.45) is 0 Å². The maximum absolute atomic E-state index is 5.78. The SMILES string of the molecule is CCCNCc1cc(Br)ccc1OCCSC. The van der Waals surface area contributed by atoms with Gasteiger partial charge in [0, 0.05) is 22.3 Å². The lowest BCUT2D eigenvalue weighted by molar-refractivity contribution is 0.339. The Kier molecular flexibility index (Phi) is 7.73. The summed E-state index contributed by atoms with van der Waals surface area (Å²) in [5.41, 5.74) is 1.22. The van der Waals surface area contributed by atoms with Crippen LogP contribution in [0.3, 0.4) is 0 Å². The largest absolute Gasteiger partial charge is 0.492 e. The summed E-state index contributed by atoms with van der Waals surface area (Å²) in [5.74, 6) is 2.02. The van der Waals surface area contributed by atoms with Crippen LogP contribution >= 0.6 is 27.7 Å². The zero-order chi connectivity index (χ0) is 12.5. The summed E-state index contributed by atoms with van der Waals surface area (Å²) in [6, 6.07) is 6.18. The number of ether oxygens (including phenoxy) is 1. The van der Waals surface area contributed by atoms with Crippen molar-refractivity contribution in [1.29, 1.82) is 0 Å². The molecule has 0 spiro atoms. The average Bonchev–Trinajstić information content (AvgIpc) is 2.32. The van der Waals surface area contributed by atoms with E-state index in [1.807, 2.05) is 12.1 Å². The number of benzene rings is 1. The molecule has 0 bridgehead atoms. The predicted octanol–water partition coefficient (Wildman–Crippen LogP) is 3.69. The van der Waals surface area contributed by atoms with Crippen LogP contribution in [0.15, 0.2) is 22.7 Å². The van der Waals surface area contributed by atoms with Crippen molar-refractivity contribution < 1.29 is 4.74 Å². The van der Waals surface area contributed by atoms with Gasteiger partial charge in [0.15, 0.2) is 0 Å². The molecule has 1 rings (SSSR count). The fourth-order valence-electron chi connectivity index (χ4n) is 1.46. The molecule has 0 unspecified atom stereocenters. The van der Waals surface area contributed by atoms with Gasteiger partial charge in [-0.1, -0.05) is 22.9 Å². The van der Waals surface area contributed by atoms with E-state index >= 15 is 0 Å². The van der Waals surface area contributed by atoms with Crippen molar-refractivity contribution in [3.8, 4) is 5.75 Å². The maximum atomic E-state index is 5.78. The molecule has 0 fully saturated rings. The number of nitrogens with one attached hydrogen (secondary N) is 1. The van der Waals surface area contributed by atoms with Crippen molar-refractivity contribution >= 4 is 27.7 Å². The first-order valence-corrected chi connectivity index (χ1v) is 8.07. The Bertz CT molecular complexity index is 333. The molecule has 2 nitrogen and oxygen atoms in total. The Morgan fingerprint density at radius 1 is 1.41 bits per heavy atom. The van der Waals surface area contributed by atoms with Crippen LogP contribution in [0.5, 0.6) is 5.75 Å². The van der Waals surface area contributed by atoms with E-state index in [2.05, 4.69) is 40.5 Å². The monoisotopic (exact) mass is 317 g/mol. The van der Waals surface area contributed by atoms with Crippen LogP contribution in [0.25, 0.3) is 0 Å². The van der Waals surface area contributed by atoms with E-state index < -0.39 is 0 Å². The molecule has 1 N–H and O–H groups in total. The Morgan fingerprint density at radius 2 is 2.24 bits per heavy atom. The van der Waals surface area contributed by atoms with Gasteiger partial charge >= 0.3 is 0 Å². The number of rotatable bonds is 8. The highest BCUT2D eigenvalue weighted by Crippen LogP contribution is 2.23. The normalized spacial score (nSPS) is 10.5. The third-order valence-corrected chi connectivity index (χ3v) is 3.38. The van der Waals surface area contributed by atoms with E-state index in [0.29, 0.717) is 0 Å². The van der Waals surface area contributed by atoms with Gasteiger partial charge in [0.2, 0.25) is 0 Å². The summed E-state index contributed by atoms with van der Waals surface area (Å²) in [7, 11) is 0. The Hall–Kier alpha value is -0.190. The molecule has 0 amide bonds. The van der Waals surface area contributed by atoms with E-state index in [-0.39, 0.29) is 0 Å². The molecule has 0 aliphatic heterocycles. The molecular weight excluding hydrogens is 298 g/mol. The van der Waals surface area contributed by atoms with Crippen LogP contribution in [-0.2, 0) is 6.54 Å². The lowest BCUT2D eigenvalue weighted by Crippen LogP contribution is -2.15. The van der Waals surface area contributed by atoms with Crippen LogP contribution in [-0.4, -0.2) is 25.2 Å². The second-order valence-electron chi connectivity index (χ2n) is 3.77. The first-order chi connectivity index (χ1) is 8.27. The first-order valence-electron chi connectivity index (χ1n) is 5.88. The van der Waals surface area contributed by atoms with E-state index in [9.17, 15) is 0 Å². The quantitative estimate of drug-likeness (QED) is 0.739. The minimum absolute atomic E-state index is 0.767. The highest BCUT2D eigenvalue weighted by molar-refractivity contribution is 9.10. The maximum Gasteiger partial charge on any atom is 0.123 e. The van der Waals surface area contributed by atoms with Gasteiger partial charge in [0.1, 0.15) is 5.75 Å². The molecule has 0 aromatic heterocycles. The molecule has 17 heavy (non-hydrogen) atoms. The fraction of sp³-hybridized carbons (Fsp3) is 0.538. The zero-order valence-corrected chi connectivity index (χ0v) is 12.9. The predicted molar refractivity (Wildman–Crippen MR) is 80.0 cm³/mol. The van der Waals surface area contributed by atoms with Crippen LogP contribution in [0.2, 0.25) is 0 Å². The second-order valence-corrected chi connectivity index (χ2v) is 5.67. The lowest BCUT2D eigenvalue weighted by Gasteiger charge is -2.12. The molecule has 0 atom stereocenters. The molecule has 0 aliphatic carbocycles. The van der Waals surface area contributed by atoms with Gasteiger partial charge < -0.3 is 10.1 Å². The molecule has 4 heteroatoms. The van der Waals surface area contributed by atoms with E-state index in [0.717, 1.165) is 42.1 Å². The Balaban J connectivity index is 2.59. The fourth-order valence-corrected chi connectivity index (χ4v) is 2.12. The van der Waals surface area contributed by atoms with E-state index in [1.165, 1.54) is 5.56 Å². The molecule has 0 aliphatic rings. The smallest absolute Gasteiger partial charge is 0.123 e. The highest BCUT2D eigenvalue weighted by Gasteiger charge is 2.04. The molecule has 0 saturated heterocycles. The van der Waals surface area contributed by atoms with Crippen LogP contribution < -0.4 is 10.1 Å². The molecule has 96 valence electrons. The van der Waals surface area contributed by atoms with Gasteiger partial charge in [0.25, 0.3) is 0 Å². The number of hydrogen-bond acceptors (Lipinski definition) is 3. The third kappa shape index (κ3) is 5.80. The van der Waals surface area contributed by atoms with E-state index in [1.54, 1.807) is 11.8 Å². The van der Waals surface area contributed by atoms with Gasteiger partial charge in [-0.15, -0.1) is 0 Å². The van der Waals surface area contributed by atoms with Crippen molar-refractivity contribution in [1.82, 2.24) is 5.32 Å². The summed E-state index contributed by atoms with van der Waals surface area (Å²) < 4.78 is 6.88. The van der Waals surface area contributed by atoms with Crippen molar-refractivity contribution in [3.05, 3.63) is 28.2 Å². The summed E-state index contributed by atoms with van der Waals surface area (Å²) in [4.78, 5) is 0. The van der Waals surface area contributed by atoms with Gasteiger partial charge in [-0.25, -0.2) is 0 Å². The summed E-state index contributed by atoms with van der Waals surface area (Å²) in [6.45, 7) is 4.84. The highest BCUT2D eigenvalue weighted by atomic mass is 79.9. The standard InChI is InChI=1S/C13H20BrNOS/c1-3-6-15-10-11-9-12(14)4-5-13(11)16-7-8-17-2/h4-5,9,15H,3,6-8,10H2,1-2H3. The third-order valence-electron chi connectivity index (χ3n) is 2.31. The molecule has 0 radical (unpaired) electrons. The van der Waals surface area contributed by atoms with Gasteiger partial charge in [-0.2, -0.15) is 11.8 Å². The summed E-state index contributed by atoms with van der Waals surface area (Å²) in [6.07, 6.45) is 3.24. The van der Waals surface area contributed by atoms with Crippen molar-refractivity contribution in [2.45, 2.75) is 19.9 Å². The van der Waals surface area contributed by atoms with E-state index in [4.69, 9.17) is 4.74 Å². The number of halogens is 1. The lowest BCUT2D eigenvalue weighted by atomic mass is 10.2. The Morgan fingerprint density at radius 3 is 2.94 bits per heavy atom. The first kappa shape index (κ1) is 14.9. The molecule has 1 aromatic carbocycles. The van der Waals surface area contributed by atoms with Crippen LogP contribution in [0.4, 0.5) is 0 Å². The number of thioether (sulfide) groups is 1. The average molecular weight is 318 g/mol. The van der Waals surface area contributed by atoms with Gasteiger partial charge in [-0.05, 0) is 37.4 Å². The summed E-state index contributed by atoms with van der Waals surface area (Å²) >= 11 is 5.30. The van der Waals surface area contributed by atoms with Gasteiger partial charge in [0.05, 0.1) is 6.61 Å². The minimum atomic E-state index is 0.767. The van der Waals surface area contributed by atoms with Crippen molar-refractivity contribution in [2.75, 3.05) is 25.2 Å². The molecule has 0 saturated carbocycles. The van der Waals surface area contributed by atoms with Crippen molar-refractivity contribution in [3.63, 3.8) is 0 Å². The topological polar surface area (TPSA) is 21.3 Å². The van der Waals surface area contributed by atoms with Gasteiger partial charge in [-0.3, -0.25) is 0 Å². The second kappa shape index (κ2) is 8.84. The van der Waals surface area contributed by atoms with Crippen LogP contribution in [0, 0.1) is 0 Å². The minimum Gasteiger partial charge on any atom is -0.492 e. The van der Waals surface area contributed by atoms with Crippen LogP contribution in [0.1, 0.15) is 18.9 Å². The summed E-state index contributed by atoms with van der Waals surface area (Å²) in [5, 5.41) is 3.40. The number of hydrogen-bond donors (Lipinski definition) is 1. The Labute approximate surface area is 117 Å².